The maximum Gasteiger partial charge on any atom is 0.0367 e. The van der Waals surface area contributed by atoms with Crippen LogP contribution in [0.25, 0.3) is 10.4 Å². The Kier molecular flexibility index (Phi) is 5.39. The minimum absolute atomic E-state index is 0.434. The Morgan fingerprint density at radius 1 is 1.33 bits per heavy atom. The molecule has 15 heavy (non-hydrogen) atoms. The Labute approximate surface area is 97.3 Å². The first-order chi connectivity index (χ1) is 7.36. The van der Waals surface area contributed by atoms with Crippen molar-refractivity contribution in [1.29, 1.82) is 0 Å². The monoisotopic (exact) mass is 263 g/mol. The lowest BCUT2D eigenvalue weighted by Crippen LogP contribution is -1.79. The van der Waals surface area contributed by atoms with Crippen LogP contribution in [0, 0.1) is 11.8 Å². The van der Waals surface area contributed by atoms with Gasteiger partial charge >= 0.3 is 0 Å². The van der Waals surface area contributed by atoms with E-state index in [4.69, 9.17) is 5.53 Å². The van der Waals surface area contributed by atoms with E-state index in [1.165, 1.54) is 5.56 Å². The quantitative estimate of drug-likeness (QED) is 0.200. The third kappa shape index (κ3) is 4.55. The Bertz CT molecular complexity index is 408. The van der Waals surface area contributed by atoms with Crippen molar-refractivity contribution in [3.05, 3.63) is 45.8 Å². The van der Waals surface area contributed by atoms with Crippen molar-refractivity contribution in [3.8, 4) is 11.8 Å². The van der Waals surface area contributed by atoms with E-state index in [-0.39, 0.29) is 0 Å². The fourth-order valence-corrected chi connectivity index (χ4v) is 1.37. The van der Waals surface area contributed by atoms with Gasteiger partial charge in [0.2, 0.25) is 0 Å². The molecule has 4 heteroatoms. The van der Waals surface area contributed by atoms with Gasteiger partial charge in [0.05, 0.1) is 0 Å². The van der Waals surface area contributed by atoms with Crippen LogP contribution in [0.1, 0.15) is 17.5 Å². The van der Waals surface area contributed by atoms with Gasteiger partial charge in [-0.15, -0.1) is 0 Å². The van der Waals surface area contributed by atoms with Crippen LogP contribution in [0.5, 0.6) is 0 Å². The zero-order valence-electron chi connectivity index (χ0n) is 8.15. The molecule has 0 saturated heterocycles. The van der Waals surface area contributed by atoms with Gasteiger partial charge in [0.1, 0.15) is 0 Å². The van der Waals surface area contributed by atoms with Crippen LogP contribution in [0.3, 0.4) is 0 Å². The van der Waals surface area contributed by atoms with Gasteiger partial charge in [-0.3, -0.25) is 0 Å². The fourth-order valence-electron chi connectivity index (χ4n) is 0.992. The molecule has 0 aromatic heterocycles. The van der Waals surface area contributed by atoms with Crippen molar-refractivity contribution in [3.63, 3.8) is 0 Å². The highest BCUT2D eigenvalue weighted by atomic mass is 79.9. The number of nitrogens with zero attached hydrogens (tertiary/aromatic N) is 3. The van der Waals surface area contributed by atoms with Crippen LogP contribution in [0.4, 0.5) is 0 Å². The Balaban J connectivity index is 2.52. The van der Waals surface area contributed by atoms with Crippen molar-refractivity contribution in [2.75, 3.05) is 6.54 Å². The number of rotatable bonds is 3. The summed E-state index contributed by atoms with van der Waals surface area (Å²) in [6.07, 6.45) is 0.601. The van der Waals surface area contributed by atoms with E-state index in [1.54, 1.807) is 0 Å². The van der Waals surface area contributed by atoms with Crippen LogP contribution >= 0.6 is 15.9 Å². The van der Waals surface area contributed by atoms with Crippen LogP contribution in [-0.4, -0.2) is 6.54 Å². The van der Waals surface area contributed by atoms with E-state index < -0.39 is 0 Å². The Morgan fingerprint density at radius 3 is 2.67 bits per heavy atom. The van der Waals surface area contributed by atoms with Gasteiger partial charge in [-0.2, -0.15) is 0 Å². The molecule has 0 bridgehead atoms. The second-order valence-corrected chi connectivity index (χ2v) is 3.40. The van der Waals surface area contributed by atoms with E-state index >= 15 is 0 Å². The van der Waals surface area contributed by atoms with Crippen molar-refractivity contribution < 1.29 is 0 Å². The van der Waals surface area contributed by atoms with Crippen LogP contribution in [-0.2, 0) is 5.33 Å². The van der Waals surface area contributed by atoms with E-state index in [2.05, 4.69) is 37.8 Å². The number of hydrogen-bond donors (Lipinski definition) is 0. The minimum atomic E-state index is 0.434. The Morgan fingerprint density at radius 2 is 2.07 bits per heavy atom. The molecule has 1 aromatic rings. The zero-order chi connectivity index (χ0) is 10.9. The van der Waals surface area contributed by atoms with E-state index in [0.717, 1.165) is 10.9 Å². The first-order valence-electron chi connectivity index (χ1n) is 4.51. The third-order valence-corrected chi connectivity index (χ3v) is 2.39. The molecule has 0 atom stereocenters. The van der Waals surface area contributed by atoms with Gasteiger partial charge in [-0.25, -0.2) is 0 Å². The lowest BCUT2D eigenvalue weighted by atomic mass is 10.1. The molecule has 0 N–H and O–H groups in total. The van der Waals surface area contributed by atoms with Gasteiger partial charge in [-0.05, 0) is 23.2 Å². The molecule has 1 aromatic carbocycles. The highest BCUT2D eigenvalue weighted by Gasteiger charge is 1.88. The molecule has 1 rings (SSSR count). The van der Waals surface area contributed by atoms with Gasteiger partial charge in [-0.1, -0.05) is 45.0 Å². The second-order valence-electron chi connectivity index (χ2n) is 2.84. The molecule has 0 fully saturated rings. The summed E-state index contributed by atoms with van der Waals surface area (Å²) in [5.41, 5.74) is 10.3. The molecular weight excluding hydrogens is 254 g/mol. The Hall–Kier alpha value is -1.43. The number of alkyl halides is 1. The summed E-state index contributed by atoms with van der Waals surface area (Å²) < 4.78 is 0. The van der Waals surface area contributed by atoms with Crippen LogP contribution in [0.2, 0.25) is 0 Å². The smallest absolute Gasteiger partial charge is 0.0367 e. The van der Waals surface area contributed by atoms with Crippen molar-refractivity contribution in [2.24, 2.45) is 5.11 Å². The SMILES string of the molecule is [N-]=[N+]=NCCC#Cc1ccc(CBr)cc1. The van der Waals surface area contributed by atoms with E-state index in [0.29, 0.717) is 13.0 Å². The van der Waals surface area contributed by atoms with Crippen molar-refractivity contribution in [2.45, 2.75) is 11.8 Å². The molecule has 0 unspecified atom stereocenters. The number of azide groups is 1. The van der Waals surface area contributed by atoms with Crippen LogP contribution < -0.4 is 0 Å². The summed E-state index contributed by atoms with van der Waals surface area (Å²) in [6.45, 7) is 0.434. The fraction of sp³-hybridized carbons (Fsp3) is 0.273. The molecule has 0 amide bonds. The largest absolute Gasteiger partial charge is 0.0978 e. The maximum absolute atomic E-state index is 8.05. The molecule has 0 heterocycles. The average molecular weight is 264 g/mol. The van der Waals surface area contributed by atoms with Crippen molar-refractivity contribution in [1.82, 2.24) is 0 Å². The summed E-state index contributed by atoms with van der Waals surface area (Å²) >= 11 is 3.38. The summed E-state index contributed by atoms with van der Waals surface area (Å²) in [7, 11) is 0. The first kappa shape index (κ1) is 11.6. The highest BCUT2D eigenvalue weighted by molar-refractivity contribution is 9.08. The van der Waals surface area contributed by atoms with Gasteiger partial charge in [0, 0.05) is 28.8 Å². The summed E-state index contributed by atoms with van der Waals surface area (Å²) in [4.78, 5) is 2.65. The lowest BCUT2D eigenvalue weighted by molar-refractivity contribution is 1.01. The number of hydrogen-bond acceptors (Lipinski definition) is 1. The predicted molar refractivity (Wildman–Crippen MR) is 64.6 cm³/mol. The maximum atomic E-state index is 8.05. The van der Waals surface area contributed by atoms with Crippen molar-refractivity contribution >= 4 is 15.9 Å². The van der Waals surface area contributed by atoms with Gasteiger partial charge in [0.25, 0.3) is 0 Å². The summed E-state index contributed by atoms with van der Waals surface area (Å²) in [6, 6.07) is 8.03. The van der Waals surface area contributed by atoms with E-state index in [9.17, 15) is 0 Å². The number of benzene rings is 1. The predicted octanol–water partition coefficient (Wildman–Crippen LogP) is 3.63. The third-order valence-electron chi connectivity index (χ3n) is 1.74. The van der Waals surface area contributed by atoms with E-state index in [1.807, 2.05) is 24.3 Å². The molecule has 0 aliphatic carbocycles. The molecule has 0 aliphatic rings. The number of halogens is 1. The van der Waals surface area contributed by atoms with Crippen LogP contribution in [0.15, 0.2) is 29.4 Å². The molecule has 0 radical (unpaired) electrons. The topological polar surface area (TPSA) is 48.8 Å². The average Bonchev–Trinajstić information content (AvgIpc) is 2.30. The lowest BCUT2D eigenvalue weighted by Gasteiger charge is -1.93. The zero-order valence-corrected chi connectivity index (χ0v) is 9.74. The normalized spacial score (nSPS) is 8.60. The summed E-state index contributed by atoms with van der Waals surface area (Å²) in [5.74, 6) is 5.95. The summed E-state index contributed by atoms with van der Waals surface area (Å²) in [5, 5.41) is 4.26. The first-order valence-corrected chi connectivity index (χ1v) is 5.63. The highest BCUT2D eigenvalue weighted by Crippen LogP contribution is 2.06. The molecule has 76 valence electrons. The molecule has 3 nitrogen and oxygen atoms in total. The second kappa shape index (κ2) is 6.94. The molecule has 0 spiro atoms. The van der Waals surface area contributed by atoms with Gasteiger partial charge < -0.3 is 0 Å². The minimum Gasteiger partial charge on any atom is -0.0978 e. The molecular formula is C11H10BrN3. The van der Waals surface area contributed by atoms with Gasteiger partial charge in [0.15, 0.2) is 0 Å². The molecule has 0 aliphatic heterocycles. The molecule has 0 saturated carbocycles. The standard InChI is InChI=1S/C11H10BrN3/c12-9-11-6-4-10(5-7-11)3-1-2-8-14-15-13/h4-7H,2,8-9H2.